The van der Waals surface area contributed by atoms with Gasteiger partial charge < -0.3 is 15.2 Å². The Bertz CT molecular complexity index is 558. The first kappa shape index (κ1) is 13.2. The molecule has 0 fully saturated rings. The second-order valence-corrected chi connectivity index (χ2v) is 4.17. The Morgan fingerprint density at radius 3 is 2.37 bits per heavy atom. The lowest BCUT2D eigenvalue weighted by Crippen LogP contribution is -2.10. The van der Waals surface area contributed by atoms with Gasteiger partial charge in [0.2, 0.25) is 0 Å². The number of benzene rings is 2. The van der Waals surface area contributed by atoms with E-state index in [0.717, 1.165) is 5.56 Å². The molecule has 3 nitrogen and oxygen atoms in total. The molecule has 2 rings (SSSR count). The number of hydrogen-bond donors (Lipinski definition) is 1. The van der Waals surface area contributed by atoms with E-state index < -0.39 is 0 Å². The number of halogens is 1. The summed E-state index contributed by atoms with van der Waals surface area (Å²) in [5, 5.41) is 0. The molecule has 0 aliphatic carbocycles. The molecule has 2 N–H and O–H groups in total. The zero-order valence-corrected chi connectivity index (χ0v) is 10.7. The van der Waals surface area contributed by atoms with E-state index in [1.54, 1.807) is 18.2 Å². The van der Waals surface area contributed by atoms with Crippen molar-refractivity contribution in [3.05, 3.63) is 53.8 Å². The molecule has 0 aromatic heterocycles. The number of nitrogens with two attached hydrogens (primary N) is 1. The molecule has 0 aliphatic rings. The number of nitrogen functional groups attached to an aromatic ring is 1. The molecule has 0 saturated heterocycles. The minimum absolute atomic E-state index is 0.225. The molecule has 0 bridgehead atoms. The maximum absolute atomic E-state index is 13.3. The Hall–Kier alpha value is -2.23. The predicted molar refractivity (Wildman–Crippen MR) is 73.0 cm³/mol. The molecule has 0 spiro atoms. The highest BCUT2D eigenvalue weighted by Crippen LogP contribution is 2.22. The molecule has 19 heavy (non-hydrogen) atoms. The Balaban J connectivity index is 1.83. The van der Waals surface area contributed by atoms with Crippen LogP contribution in [0.1, 0.15) is 5.56 Å². The van der Waals surface area contributed by atoms with Crippen LogP contribution in [0.3, 0.4) is 0 Å². The van der Waals surface area contributed by atoms with Crippen molar-refractivity contribution in [2.75, 3.05) is 18.9 Å². The highest BCUT2D eigenvalue weighted by atomic mass is 19.1. The number of hydrogen-bond acceptors (Lipinski definition) is 3. The van der Waals surface area contributed by atoms with E-state index in [2.05, 4.69) is 0 Å². The standard InChI is InChI=1S/C15H16FNO2/c1-11-6-7-15(13(17)10-11)19-9-8-18-14-5-3-2-4-12(14)16/h2-7,10H,8-9,17H2,1H3. The third-order valence-corrected chi connectivity index (χ3v) is 2.60. The van der Waals surface area contributed by atoms with Crippen molar-refractivity contribution in [2.45, 2.75) is 6.92 Å². The molecule has 0 saturated carbocycles. The van der Waals surface area contributed by atoms with Crippen LogP contribution in [-0.2, 0) is 0 Å². The fourth-order valence-corrected chi connectivity index (χ4v) is 1.66. The van der Waals surface area contributed by atoms with Gasteiger partial charge in [0, 0.05) is 0 Å². The molecule has 0 atom stereocenters. The van der Waals surface area contributed by atoms with Crippen molar-refractivity contribution in [2.24, 2.45) is 0 Å². The second kappa shape index (κ2) is 6.09. The minimum Gasteiger partial charge on any atom is -0.488 e. The first-order valence-electron chi connectivity index (χ1n) is 6.03. The second-order valence-electron chi connectivity index (χ2n) is 4.17. The van der Waals surface area contributed by atoms with Gasteiger partial charge in [0.05, 0.1) is 5.69 Å². The zero-order valence-electron chi connectivity index (χ0n) is 10.7. The van der Waals surface area contributed by atoms with Crippen molar-refractivity contribution >= 4 is 5.69 Å². The maximum atomic E-state index is 13.3. The normalized spacial score (nSPS) is 10.2. The molecular weight excluding hydrogens is 245 g/mol. The summed E-state index contributed by atoms with van der Waals surface area (Å²) in [5.74, 6) is 0.461. The highest BCUT2D eigenvalue weighted by molar-refractivity contribution is 5.53. The Morgan fingerprint density at radius 2 is 1.68 bits per heavy atom. The van der Waals surface area contributed by atoms with Gasteiger partial charge in [0.1, 0.15) is 19.0 Å². The lowest BCUT2D eigenvalue weighted by Gasteiger charge is -2.10. The number of ether oxygens (including phenoxy) is 2. The topological polar surface area (TPSA) is 44.5 Å². The fourth-order valence-electron chi connectivity index (χ4n) is 1.66. The van der Waals surface area contributed by atoms with E-state index in [9.17, 15) is 4.39 Å². The quantitative estimate of drug-likeness (QED) is 0.664. The average molecular weight is 261 g/mol. The van der Waals surface area contributed by atoms with E-state index in [-0.39, 0.29) is 18.2 Å². The average Bonchev–Trinajstić information content (AvgIpc) is 2.38. The van der Waals surface area contributed by atoms with Gasteiger partial charge in [0.15, 0.2) is 11.6 Å². The molecule has 0 unspecified atom stereocenters. The summed E-state index contributed by atoms with van der Waals surface area (Å²) in [6, 6.07) is 11.8. The monoisotopic (exact) mass is 261 g/mol. The number of aryl methyl sites for hydroxylation is 1. The molecule has 2 aromatic carbocycles. The number of anilines is 1. The minimum atomic E-state index is -0.377. The zero-order chi connectivity index (χ0) is 13.7. The van der Waals surface area contributed by atoms with Gasteiger partial charge in [-0.2, -0.15) is 0 Å². The molecule has 100 valence electrons. The third kappa shape index (κ3) is 3.61. The number of rotatable bonds is 5. The van der Waals surface area contributed by atoms with Gasteiger partial charge in [0.25, 0.3) is 0 Å². The fraction of sp³-hybridized carbons (Fsp3) is 0.200. The van der Waals surface area contributed by atoms with Crippen LogP contribution in [0.2, 0.25) is 0 Å². The van der Waals surface area contributed by atoms with Crippen molar-refractivity contribution in [1.29, 1.82) is 0 Å². The summed E-state index contributed by atoms with van der Waals surface area (Å²) < 4.78 is 24.0. The molecule has 0 amide bonds. The predicted octanol–water partition coefficient (Wildman–Crippen LogP) is 3.17. The smallest absolute Gasteiger partial charge is 0.165 e. The summed E-state index contributed by atoms with van der Waals surface area (Å²) in [6.07, 6.45) is 0. The first-order chi connectivity index (χ1) is 9.16. The molecule has 0 heterocycles. The molecule has 0 radical (unpaired) electrons. The van der Waals surface area contributed by atoms with E-state index in [1.165, 1.54) is 6.07 Å². The van der Waals surface area contributed by atoms with Crippen molar-refractivity contribution in [3.63, 3.8) is 0 Å². The number of para-hydroxylation sites is 1. The van der Waals surface area contributed by atoms with Crippen LogP contribution in [0.4, 0.5) is 10.1 Å². The van der Waals surface area contributed by atoms with Crippen LogP contribution >= 0.6 is 0 Å². The molecule has 4 heteroatoms. The van der Waals surface area contributed by atoms with E-state index in [0.29, 0.717) is 18.0 Å². The van der Waals surface area contributed by atoms with Crippen LogP contribution in [0.15, 0.2) is 42.5 Å². The van der Waals surface area contributed by atoms with E-state index in [4.69, 9.17) is 15.2 Å². The van der Waals surface area contributed by atoms with Gasteiger partial charge >= 0.3 is 0 Å². The van der Waals surface area contributed by atoms with Crippen LogP contribution < -0.4 is 15.2 Å². The van der Waals surface area contributed by atoms with E-state index >= 15 is 0 Å². The van der Waals surface area contributed by atoms with Crippen molar-refractivity contribution in [3.8, 4) is 11.5 Å². The summed E-state index contributed by atoms with van der Waals surface area (Å²) >= 11 is 0. The summed E-state index contributed by atoms with van der Waals surface area (Å²) in [6.45, 7) is 2.53. The van der Waals surface area contributed by atoms with E-state index in [1.807, 2.05) is 25.1 Å². The van der Waals surface area contributed by atoms with Crippen LogP contribution in [0, 0.1) is 12.7 Å². The van der Waals surface area contributed by atoms with Gasteiger partial charge in [-0.1, -0.05) is 18.2 Å². The van der Waals surface area contributed by atoms with Gasteiger partial charge in [-0.15, -0.1) is 0 Å². The SMILES string of the molecule is Cc1ccc(OCCOc2ccccc2F)c(N)c1. The van der Waals surface area contributed by atoms with Gasteiger partial charge in [-0.3, -0.25) is 0 Å². The summed E-state index contributed by atoms with van der Waals surface area (Å²) in [4.78, 5) is 0. The lowest BCUT2D eigenvalue weighted by molar-refractivity contribution is 0.212. The van der Waals surface area contributed by atoms with Gasteiger partial charge in [-0.25, -0.2) is 4.39 Å². The third-order valence-electron chi connectivity index (χ3n) is 2.60. The Labute approximate surface area is 111 Å². The Kier molecular flexibility index (Phi) is 4.23. The van der Waals surface area contributed by atoms with Gasteiger partial charge in [-0.05, 0) is 36.8 Å². The lowest BCUT2D eigenvalue weighted by atomic mass is 10.2. The Morgan fingerprint density at radius 1 is 1.00 bits per heavy atom. The van der Waals surface area contributed by atoms with Crippen LogP contribution in [0.25, 0.3) is 0 Å². The highest BCUT2D eigenvalue weighted by Gasteiger charge is 2.03. The van der Waals surface area contributed by atoms with Crippen molar-refractivity contribution < 1.29 is 13.9 Å². The molecule has 2 aromatic rings. The first-order valence-corrected chi connectivity index (χ1v) is 6.03. The molecule has 0 aliphatic heterocycles. The van der Waals surface area contributed by atoms with Crippen molar-refractivity contribution in [1.82, 2.24) is 0 Å². The maximum Gasteiger partial charge on any atom is 0.165 e. The molecular formula is C15H16FNO2. The van der Waals surface area contributed by atoms with Crippen LogP contribution in [-0.4, -0.2) is 13.2 Å². The summed E-state index contributed by atoms with van der Waals surface area (Å²) in [7, 11) is 0. The largest absolute Gasteiger partial charge is 0.488 e. The van der Waals surface area contributed by atoms with Crippen LogP contribution in [0.5, 0.6) is 11.5 Å². The summed E-state index contributed by atoms with van der Waals surface area (Å²) in [5.41, 5.74) is 7.48.